The van der Waals surface area contributed by atoms with Gasteiger partial charge in [-0.2, -0.15) is 0 Å². The molecule has 2 aromatic carbocycles. The van der Waals surface area contributed by atoms with Crippen LogP contribution in [0.25, 0.3) is 10.1 Å². The number of benzene rings is 2. The summed E-state index contributed by atoms with van der Waals surface area (Å²) in [5.74, 6) is 0.285. The lowest BCUT2D eigenvalue weighted by molar-refractivity contribution is -0.116. The lowest BCUT2D eigenvalue weighted by atomic mass is 10.1. The molecule has 4 aromatic rings. The monoisotopic (exact) mass is 656 g/mol. The standard InChI is InChI=1S/C34H36N6O6S/c1-38(2)34(45)29-15-21-12-20(8-9-28(21)47-29)13-26(42)32-37-30(18-39(32)3)36-31(43)7-5-11-46-27-16-25-24(14-22(27)19-41)33(44)40-10-4-6-23(40)17-35-25/h8-9,12,14-18,23,41H,4-7,10-11,13,19H2,1-3H3,(H,36,43)/t23-/m0/s1. The summed E-state index contributed by atoms with van der Waals surface area (Å²) < 4.78 is 8.46. The number of anilines is 1. The molecule has 2 aromatic heterocycles. The quantitative estimate of drug-likeness (QED) is 0.180. The third-order valence-electron chi connectivity index (χ3n) is 8.29. The number of nitrogens with one attached hydrogen (secondary N) is 1. The van der Waals surface area contributed by atoms with E-state index < -0.39 is 0 Å². The van der Waals surface area contributed by atoms with E-state index in [1.54, 1.807) is 50.3 Å². The lowest BCUT2D eigenvalue weighted by Crippen LogP contribution is -2.35. The van der Waals surface area contributed by atoms with Gasteiger partial charge < -0.3 is 29.5 Å². The van der Waals surface area contributed by atoms with Gasteiger partial charge in [0, 0.05) is 69.3 Å². The Morgan fingerprint density at radius 3 is 2.79 bits per heavy atom. The summed E-state index contributed by atoms with van der Waals surface area (Å²) in [5, 5.41) is 13.6. The van der Waals surface area contributed by atoms with Crippen molar-refractivity contribution in [1.82, 2.24) is 19.4 Å². The number of aromatic nitrogens is 2. The van der Waals surface area contributed by atoms with Crippen molar-refractivity contribution in [2.24, 2.45) is 12.0 Å². The van der Waals surface area contributed by atoms with Crippen molar-refractivity contribution < 1.29 is 29.0 Å². The van der Waals surface area contributed by atoms with E-state index in [9.17, 15) is 24.3 Å². The zero-order chi connectivity index (χ0) is 33.2. The average Bonchev–Trinajstić information content (AvgIpc) is 3.77. The van der Waals surface area contributed by atoms with E-state index in [1.807, 2.05) is 29.2 Å². The first kappa shape index (κ1) is 32.1. The van der Waals surface area contributed by atoms with Gasteiger partial charge in [-0.1, -0.05) is 6.07 Å². The van der Waals surface area contributed by atoms with Gasteiger partial charge in [0.05, 0.1) is 35.4 Å². The fourth-order valence-corrected chi connectivity index (χ4v) is 6.93. The second kappa shape index (κ2) is 13.5. The number of hydrogen-bond donors (Lipinski definition) is 2. The van der Waals surface area contributed by atoms with E-state index in [1.165, 1.54) is 16.2 Å². The Hall–Kier alpha value is -4.88. The molecule has 12 nitrogen and oxygen atoms in total. The summed E-state index contributed by atoms with van der Waals surface area (Å²) in [7, 11) is 5.12. The molecule has 4 heterocycles. The van der Waals surface area contributed by atoms with Crippen LogP contribution in [0.4, 0.5) is 11.5 Å². The molecule has 244 valence electrons. The topological polar surface area (TPSA) is 146 Å². The van der Waals surface area contributed by atoms with Crippen LogP contribution in [-0.2, 0) is 24.9 Å². The van der Waals surface area contributed by atoms with Crippen molar-refractivity contribution >= 4 is 62.6 Å². The summed E-state index contributed by atoms with van der Waals surface area (Å²) in [6, 6.07) is 10.8. The molecule has 1 saturated heterocycles. The molecule has 0 spiro atoms. The smallest absolute Gasteiger partial charge is 0.263 e. The van der Waals surface area contributed by atoms with Gasteiger partial charge in [-0.3, -0.25) is 24.2 Å². The minimum atomic E-state index is -0.300. The Kier molecular flexibility index (Phi) is 9.19. The number of rotatable bonds is 11. The highest BCUT2D eigenvalue weighted by Crippen LogP contribution is 2.34. The van der Waals surface area contributed by atoms with Crippen LogP contribution < -0.4 is 10.1 Å². The minimum Gasteiger partial charge on any atom is -0.493 e. The van der Waals surface area contributed by atoms with E-state index in [0.29, 0.717) is 40.4 Å². The number of ether oxygens (including phenoxy) is 1. The lowest BCUT2D eigenvalue weighted by Gasteiger charge is -2.20. The second-order valence-corrected chi connectivity index (χ2v) is 13.0. The summed E-state index contributed by atoms with van der Waals surface area (Å²) in [6.45, 7) is 0.595. The zero-order valence-corrected chi connectivity index (χ0v) is 27.3. The van der Waals surface area contributed by atoms with E-state index in [2.05, 4.69) is 15.3 Å². The molecule has 0 unspecified atom stereocenters. The number of aliphatic imine (C=N–C) groups is 1. The number of aryl methyl sites for hydroxylation is 1. The second-order valence-electron chi connectivity index (χ2n) is 12.0. The molecule has 2 N–H and O–H groups in total. The Morgan fingerprint density at radius 2 is 2.00 bits per heavy atom. The fourth-order valence-electron chi connectivity index (χ4n) is 5.87. The van der Waals surface area contributed by atoms with Crippen molar-refractivity contribution in [2.45, 2.75) is 44.8 Å². The predicted molar refractivity (Wildman–Crippen MR) is 179 cm³/mol. The Balaban J connectivity index is 1.02. The number of aliphatic hydroxyl groups excluding tert-OH is 1. The average molecular weight is 657 g/mol. The number of thiophene rings is 1. The molecule has 0 saturated carbocycles. The molecule has 0 radical (unpaired) electrons. The van der Waals surface area contributed by atoms with Gasteiger partial charge in [0.15, 0.2) is 11.6 Å². The maximum absolute atomic E-state index is 13.1. The molecule has 1 atom stereocenters. The van der Waals surface area contributed by atoms with Crippen molar-refractivity contribution in [3.63, 3.8) is 0 Å². The molecule has 47 heavy (non-hydrogen) atoms. The van der Waals surface area contributed by atoms with Crippen LogP contribution in [0.15, 0.2) is 47.6 Å². The molecule has 13 heteroatoms. The third-order valence-corrected chi connectivity index (χ3v) is 9.39. The number of Topliss-reactive ketones (excluding diaryl/α,β-unsaturated/α-hetero) is 1. The third kappa shape index (κ3) is 6.81. The van der Waals surface area contributed by atoms with Crippen LogP contribution in [0, 0.1) is 0 Å². The van der Waals surface area contributed by atoms with Crippen molar-refractivity contribution in [2.75, 3.05) is 32.6 Å². The van der Waals surface area contributed by atoms with Crippen LogP contribution in [-0.4, -0.2) is 87.5 Å². The van der Waals surface area contributed by atoms with Gasteiger partial charge in [0.25, 0.3) is 11.8 Å². The van der Waals surface area contributed by atoms with Crippen molar-refractivity contribution in [3.05, 3.63) is 70.0 Å². The molecule has 0 aliphatic carbocycles. The summed E-state index contributed by atoms with van der Waals surface area (Å²) in [5.41, 5.74) is 2.24. The fraction of sp³-hybridized carbons (Fsp3) is 0.353. The highest BCUT2D eigenvalue weighted by atomic mass is 32.1. The molecule has 3 amide bonds. The van der Waals surface area contributed by atoms with Crippen LogP contribution in [0.5, 0.6) is 5.75 Å². The minimum absolute atomic E-state index is 0.0131. The SMILES string of the molecule is CN(C)C(=O)c1cc2cc(CC(=O)c3nc(NC(=O)CCCOc4cc5c(cc4CO)C(=O)N4CCC[C@H]4C=N5)cn3C)ccc2s1. The highest BCUT2D eigenvalue weighted by molar-refractivity contribution is 7.20. The van der Waals surface area contributed by atoms with Gasteiger partial charge in [0.1, 0.15) is 5.75 Å². The maximum atomic E-state index is 13.1. The summed E-state index contributed by atoms with van der Waals surface area (Å²) >= 11 is 1.42. The maximum Gasteiger partial charge on any atom is 0.263 e. The van der Waals surface area contributed by atoms with Crippen molar-refractivity contribution in [1.29, 1.82) is 0 Å². The number of carbonyl (C=O) groups is 4. The molecule has 0 bridgehead atoms. The molecule has 2 aliphatic rings. The number of nitrogens with zero attached hydrogens (tertiary/aromatic N) is 5. The number of amides is 3. The van der Waals surface area contributed by atoms with Crippen molar-refractivity contribution in [3.8, 4) is 5.75 Å². The largest absolute Gasteiger partial charge is 0.493 e. The van der Waals surface area contributed by atoms with Gasteiger partial charge in [-0.05, 0) is 54.5 Å². The Morgan fingerprint density at radius 1 is 1.17 bits per heavy atom. The number of fused-ring (bicyclic) bond motifs is 3. The summed E-state index contributed by atoms with van der Waals surface area (Å²) in [4.78, 5) is 64.1. The van der Waals surface area contributed by atoms with E-state index in [-0.39, 0.29) is 67.2 Å². The van der Waals surface area contributed by atoms with E-state index >= 15 is 0 Å². The molecule has 1 fully saturated rings. The van der Waals surface area contributed by atoms with Gasteiger partial charge >= 0.3 is 0 Å². The molecular weight excluding hydrogens is 620 g/mol. The molecule has 6 rings (SSSR count). The number of hydrogen-bond acceptors (Lipinski definition) is 9. The van der Waals surface area contributed by atoms with E-state index in [4.69, 9.17) is 4.74 Å². The first-order valence-electron chi connectivity index (χ1n) is 15.5. The van der Waals surface area contributed by atoms with Gasteiger partial charge in [-0.25, -0.2) is 4.98 Å². The van der Waals surface area contributed by atoms with Crippen LogP contribution in [0.1, 0.15) is 67.5 Å². The van der Waals surface area contributed by atoms with Crippen LogP contribution in [0.3, 0.4) is 0 Å². The predicted octanol–water partition coefficient (Wildman–Crippen LogP) is 4.37. The summed E-state index contributed by atoms with van der Waals surface area (Å²) in [6.07, 6.45) is 5.87. The normalized spacial score (nSPS) is 15.4. The number of aliphatic hydroxyl groups is 1. The number of imidazole rings is 1. The Labute approximate surface area is 275 Å². The molecule has 2 aliphatic heterocycles. The number of carbonyl (C=O) groups excluding carboxylic acids is 4. The van der Waals surface area contributed by atoms with Gasteiger partial charge in [-0.15, -0.1) is 11.3 Å². The van der Waals surface area contributed by atoms with Crippen LogP contribution in [0.2, 0.25) is 0 Å². The first-order valence-corrected chi connectivity index (χ1v) is 16.3. The first-order chi connectivity index (χ1) is 22.6. The van der Waals surface area contributed by atoms with Gasteiger partial charge in [0.2, 0.25) is 11.7 Å². The van der Waals surface area contributed by atoms with E-state index in [0.717, 1.165) is 28.5 Å². The Bertz CT molecular complexity index is 1910. The van der Waals surface area contributed by atoms with Crippen LogP contribution >= 0.6 is 11.3 Å². The molecular formula is C34H36N6O6S. The zero-order valence-electron chi connectivity index (χ0n) is 26.5. The number of ketones is 1. The highest BCUT2D eigenvalue weighted by Gasteiger charge is 2.32.